The second kappa shape index (κ2) is 5.38. The first kappa shape index (κ1) is 12.9. The fourth-order valence-electron chi connectivity index (χ4n) is 3.27. The van der Waals surface area contributed by atoms with Gasteiger partial charge in [-0.2, -0.15) is 0 Å². The van der Waals surface area contributed by atoms with E-state index in [1.54, 1.807) is 0 Å². The van der Waals surface area contributed by atoms with Gasteiger partial charge in [0.1, 0.15) is 0 Å². The lowest BCUT2D eigenvalue weighted by Crippen LogP contribution is -2.52. The van der Waals surface area contributed by atoms with Crippen LogP contribution < -0.4 is 11.1 Å². The minimum Gasteiger partial charge on any atom is -0.353 e. The highest BCUT2D eigenvalue weighted by atomic mass is 16.1. The molecule has 2 saturated carbocycles. The third-order valence-electron chi connectivity index (χ3n) is 4.64. The van der Waals surface area contributed by atoms with E-state index in [4.69, 9.17) is 5.73 Å². The number of carbonyl (C=O) groups excluding carboxylic acids is 1. The molecule has 3 heteroatoms. The molecule has 17 heavy (non-hydrogen) atoms. The van der Waals surface area contributed by atoms with Crippen LogP contribution in [0.5, 0.6) is 0 Å². The number of hydrogen-bond acceptors (Lipinski definition) is 2. The quantitative estimate of drug-likeness (QED) is 0.790. The lowest BCUT2D eigenvalue weighted by atomic mass is 9.75. The monoisotopic (exact) mass is 238 g/mol. The van der Waals surface area contributed by atoms with E-state index < -0.39 is 0 Å². The molecule has 2 aliphatic carbocycles. The molecule has 0 aromatic rings. The second-order valence-electron chi connectivity index (χ2n) is 6.02. The molecule has 0 aliphatic heterocycles. The van der Waals surface area contributed by atoms with Crippen molar-refractivity contribution >= 4 is 5.91 Å². The van der Waals surface area contributed by atoms with Crippen molar-refractivity contribution in [3.8, 4) is 0 Å². The first-order chi connectivity index (χ1) is 8.13. The maximum Gasteiger partial charge on any atom is 0.222 e. The van der Waals surface area contributed by atoms with Gasteiger partial charge in [-0.25, -0.2) is 0 Å². The zero-order chi connectivity index (χ0) is 12.3. The highest BCUT2D eigenvalue weighted by Gasteiger charge is 2.35. The van der Waals surface area contributed by atoms with E-state index >= 15 is 0 Å². The number of rotatable bonds is 4. The Morgan fingerprint density at radius 1 is 1.29 bits per heavy atom. The van der Waals surface area contributed by atoms with Crippen LogP contribution in [0.4, 0.5) is 0 Å². The minimum atomic E-state index is -0.180. The summed E-state index contributed by atoms with van der Waals surface area (Å²) in [6.07, 6.45) is 9.94. The normalized spacial score (nSPS) is 31.6. The second-order valence-corrected chi connectivity index (χ2v) is 6.02. The Balaban J connectivity index is 1.80. The summed E-state index contributed by atoms with van der Waals surface area (Å²) < 4.78 is 0. The van der Waals surface area contributed by atoms with Gasteiger partial charge in [-0.3, -0.25) is 4.79 Å². The molecule has 0 saturated heterocycles. The molecule has 3 N–H and O–H groups in total. The van der Waals surface area contributed by atoms with Crippen LogP contribution in [0.25, 0.3) is 0 Å². The average Bonchev–Trinajstić information content (AvgIpc) is 2.27. The highest BCUT2D eigenvalue weighted by Crippen LogP contribution is 2.32. The molecule has 0 bridgehead atoms. The lowest BCUT2D eigenvalue weighted by Gasteiger charge is -2.38. The first-order valence-electron chi connectivity index (χ1n) is 7.21. The van der Waals surface area contributed by atoms with Crippen molar-refractivity contribution in [3.63, 3.8) is 0 Å². The average molecular weight is 238 g/mol. The largest absolute Gasteiger partial charge is 0.353 e. The molecule has 0 aromatic carbocycles. The van der Waals surface area contributed by atoms with E-state index in [2.05, 4.69) is 12.2 Å². The Morgan fingerprint density at radius 3 is 2.59 bits per heavy atom. The van der Waals surface area contributed by atoms with Crippen LogP contribution >= 0.6 is 0 Å². The standard InChI is InChI=1S/C14H26N2O/c1-2-11-6-3-4-7-12(11)16-13(17)10-14(15)8-5-9-14/h11-12H,2-10,15H2,1H3,(H,16,17). The Kier molecular flexibility index (Phi) is 4.08. The van der Waals surface area contributed by atoms with Gasteiger partial charge in [0.05, 0.1) is 0 Å². The van der Waals surface area contributed by atoms with Crippen LogP contribution in [0.3, 0.4) is 0 Å². The third kappa shape index (κ3) is 3.21. The molecular formula is C14H26N2O. The van der Waals surface area contributed by atoms with Crippen molar-refractivity contribution in [1.82, 2.24) is 5.32 Å². The first-order valence-corrected chi connectivity index (χ1v) is 7.21. The van der Waals surface area contributed by atoms with E-state index in [-0.39, 0.29) is 11.4 Å². The minimum absolute atomic E-state index is 0.178. The summed E-state index contributed by atoms with van der Waals surface area (Å²) >= 11 is 0. The van der Waals surface area contributed by atoms with Gasteiger partial charge in [-0.05, 0) is 38.0 Å². The van der Waals surface area contributed by atoms with Gasteiger partial charge in [0.15, 0.2) is 0 Å². The highest BCUT2D eigenvalue weighted by molar-refractivity contribution is 5.77. The summed E-state index contributed by atoms with van der Waals surface area (Å²) in [5, 5.41) is 3.23. The zero-order valence-corrected chi connectivity index (χ0v) is 11.0. The van der Waals surface area contributed by atoms with Crippen LogP contribution in [0.1, 0.15) is 64.7 Å². The van der Waals surface area contributed by atoms with Crippen molar-refractivity contribution < 1.29 is 4.79 Å². The predicted octanol–water partition coefficient (Wildman–Crippen LogP) is 2.34. The van der Waals surface area contributed by atoms with Crippen LogP contribution in [0.15, 0.2) is 0 Å². The fourth-order valence-corrected chi connectivity index (χ4v) is 3.27. The van der Waals surface area contributed by atoms with E-state index in [1.807, 2.05) is 0 Å². The topological polar surface area (TPSA) is 55.1 Å². The Hall–Kier alpha value is -0.570. The molecule has 0 spiro atoms. The fraction of sp³-hybridized carbons (Fsp3) is 0.929. The number of hydrogen-bond donors (Lipinski definition) is 2. The van der Waals surface area contributed by atoms with Gasteiger partial charge < -0.3 is 11.1 Å². The van der Waals surface area contributed by atoms with E-state index in [0.717, 1.165) is 19.3 Å². The van der Waals surface area contributed by atoms with Crippen LogP contribution in [0.2, 0.25) is 0 Å². The molecule has 3 nitrogen and oxygen atoms in total. The zero-order valence-electron chi connectivity index (χ0n) is 11.0. The third-order valence-corrected chi connectivity index (χ3v) is 4.64. The molecule has 2 atom stereocenters. The molecule has 98 valence electrons. The van der Waals surface area contributed by atoms with Gasteiger partial charge in [-0.1, -0.05) is 26.2 Å². The van der Waals surface area contributed by atoms with Crippen LogP contribution in [0, 0.1) is 5.92 Å². The van der Waals surface area contributed by atoms with Crippen molar-refractivity contribution in [2.24, 2.45) is 11.7 Å². The SMILES string of the molecule is CCC1CCCCC1NC(=O)CC1(N)CCC1. The summed E-state index contributed by atoms with van der Waals surface area (Å²) in [5.41, 5.74) is 5.94. The Labute approximate surface area is 105 Å². The molecule has 2 unspecified atom stereocenters. The van der Waals surface area contributed by atoms with E-state index in [1.165, 1.54) is 32.1 Å². The summed E-state index contributed by atoms with van der Waals surface area (Å²) in [6.45, 7) is 2.23. The summed E-state index contributed by atoms with van der Waals surface area (Å²) in [7, 11) is 0. The summed E-state index contributed by atoms with van der Waals surface area (Å²) in [4.78, 5) is 12.0. The van der Waals surface area contributed by atoms with Gasteiger partial charge in [0.25, 0.3) is 0 Å². The van der Waals surface area contributed by atoms with E-state index in [0.29, 0.717) is 18.4 Å². The number of nitrogens with two attached hydrogens (primary N) is 1. The van der Waals surface area contributed by atoms with Gasteiger partial charge in [0.2, 0.25) is 5.91 Å². The molecule has 0 aromatic heterocycles. The van der Waals surface area contributed by atoms with Gasteiger partial charge in [0, 0.05) is 18.0 Å². The molecule has 2 rings (SSSR count). The summed E-state index contributed by atoms with van der Waals surface area (Å²) in [5.74, 6) is 0.861. The molecular weight excluding hydrogens is 212 g/mol. The Morgan fingerprint density at radius 2 is 2.00 bits per heavy atom. The van der Waals surface area contributed by atoms with Gasteiger partial charge >= 0.3 is 0 Å². The number of carbonyl (C=O) groups is 1. The smallest absolute Gasteiger partial charge is 0.222 e. The van der Waals surface area contributed by atoms with Crippen LogP contribution in [-0.2, 0) is 4.79 Å². The van der Waals surface area contributed by atoms with Crippen molar-refractivity contribution in [3.05, 3.63) is 0 Å². The maximum absolute atomic E-state index is 12.0. The van der Waals surface area contributed by atoms with Crippen molar-refractivity contribution in [2.75, 3.05) is 0 Å². The lowest BCUT2D eigenvalue weighted by molar-refractivity contribution is -0.124. The Bertz CT molecular complexity index is 273. The van der Waals surface area contributed by atoms with Crippen molar-refractivity contribution in [1.29, 1.82) is 0 Å². The number of amides is 1. The molecule has 0 heterocycles. The summed E-state index contributed by atoms with van der Waals surface area (Å²) in [6, 6.07) is 0.407. The van der Waals surface area contributed by atoms with Crippen molar-refractivity contribution in [2.45, 2.75) is 76.3 Å². The molecule has 2 aliphatic rings. The molecule has 0 radical (unpaired) electrons. The molecule has 1 amide bonds. The predicted molar refractivity (Wildman–Crippen MR) is 69.6 cm³/mol. The van der Waals surface area contributed by atoms with E-state index in [9.17, 15) is 4.79 Å². The molecule has 2 fully saturated rings. The number of nitrogens with one attached hydrogen (secondary N) is 1. The van der Waals surface area contributed by atoms with Gasteiger partial charge in [-0.15, -0.1) is 0 Å². The maximum atomic E-state index is 12.0. The van der Waals surface area contributed by atoms with Crippen LogP contribution in [-0.4, -0.2) is 17.5 Å².